The number of esters is 2. The Kier molecular flexibility index (Phi) is 15.7. The number of aliphatic hydroxyl groups excluding tert-OH is 1. The summed E-state index contributed by atoms with van der Waals surface area (Å²) in [5.41, 5.74) is 5.03. The molecule has 1 aromatic carbocycles. The summed E-state index contributed by atoms with van der Waals surface area (Å²) in [6.45, 7) is 14.1. The van der Waals surface area contributed by atoms with Gasteiger partial charge >= 0.3 is 11.9 Å². The SMILES string of the molecule is CCCC(C)C1OC1C(N(CCN)Cc1ccc(Cl)cc1)C(C)(O)C=CC=C(C)C1OC(=O)CC(O)CCC(C)(O)C(OC(C)=O)C=CC1C. The predicted molar refractivity (Wildman–Crippen MR) is 195 cm³/mol. The Balaban J connectivity index is 1.94. The molecule has 2 aliphatic heterocycles. The van der Waals surface area contributed by atoms with Crippen molar-refractivity contribution in [2.45, 2.75) is 135 Å². The van der Waals surface area contributed by atoms with E-state index in [1.54, 1.807) is 44.2 Å². The quantitative estimate of drug-likeness (QED) is 0.0867. The number of aliphatic hydroxyl groups is 3. The van der Waals surface area contributed by atoms with Gasteiger partial charge in [-0.2, -0.15) is 0 Å². The minimum Gasteiger partial charge on any atom is -0.457 e. The van der Waals surface area contributed by atoms with Crippen LogP contribution in [-0.4, -0.2) is 93.0 Å². The molecule has 0 aromatic heterocycles. The second kappa shape index (κ2) is 18.8. The molecule has 0 aliphatic carbocycles. The maximum Gasteiger partial charge on any atom is 0.309 e. The number of carbonyl (C=O) groups is 2. The number of carbonyl (C=O) groups excluding carboxylic acids is 2. The maximum atomic E-state index is 12.9. The number of nitrogens with zero attached hydrogens (tertiary/aromatic N) is 1. The molecule has 1 fully saturated rings. The number of halogens is 1. The van der Waals surface area contributed by atoms with Crippen LogP contribution >= 0.6 is 11.6 Å². The van der Waals surface area contributed by atoms with Gasteiger partial charge in [-0.15, -0.1) is 0 Å². The normalized spacial score (nSPS) is 30.6. The molecule has 1 aromatic rings. The molecule has 2 heterocycles. The molecule has 0 amide bonds. The Hall–Kier alpha value is -2.57. The lowest BCUT2D eigenvalue weighted by atomic mass is 9.86. The van der Waals surface area contributed by atoms with Crippen molar-refractivity contribution in [1.29, 1.82) is 0 Å². The summed E-state index contributed by atoms with van der Waals surface area (Å²) in [7, 11) is 0. The molecule has 0 bridgehead atoms. The molecule has 1 saturated heterocycles. The fourth-order valence-electron chi connectivity index (χ4n) is 6.90. The van der Waals surface area contributed by atoms with E-state index in [1.165, 1.54) is 6.92 Å². The van der Waals surface area contributed by atoms with Gasteiger partial charge in [-0.05, 0) is 75.3 Å². The third-order valence-corrected chi connectivity index (χ3v) is 10.00. The molecule has 10 unspecified atom stereocenters. The average molecular weight is 719 g/mol. The average Bonchev–Trinajstić information content (AvgIpc) is 3.81. The molecule has 11 heteroatoms. The van der Waals surface area contributed by atoms with E-state index < -0.39 is 47.5 Å². The van der Waals surface area contributed by atoms with Crippen molar-refractivity contribution in [2.24, 2.45) is 17.6 Å². The molecule has 0 radical (unpaired) electrons. The van der Waals surface area contributed by atoms with Gasteiger partial charge in [0.2, 0.25) is 0 Å². The molecule has 2 aliphatic rings. The van der Waals surface area contributed by atoms with Crippen LogP contribution in [0.5, 0.6) is 0 Å². The highest BCUT2D eigenvalue weighted by Gasteiger charge is 2.54. The van der Waals surface area contributed by atoms with Gasteiger partial charge in [0.05, 0.1) is 30.3 Å². The molecular weight excluding hydrogens is 660 g/mol. The Labute approximate surface area is 303 Å². The van der Waals surface area contributed by atoms with Crippen LogP contribution in [0.1, 0.15) is 86.1 Å². The standard InChI is InChI=1S/C39H59ClN2O8/c1-8-10-25(2)35-36(50-35)37(42(22-21-41)24-29-13-15-30(40)16-14-29)39(7,47)19-9-11-26(3)34-27(4)12-17-32(48-28(5)43)38(6,46)20-18-31(44)23-33(45)49-34/h9,11-17,19,25,27,31-32,34-37,44,46-47H,8,10,18,20-24,41H2,1-7H3. The van der Waals surface area contributed by atoms with Crippen molar-refractivity contribution in [1.82, 2.24) is 4.90 Å². The highest BCUT2D eigenvalue weighted by molar-refractivity contribution is 6.30. The zero-order valence-electron chi connectivity index (χ0n) is 30.8. The highest BCUT2D eigenvalue weighted by atomic mass is 35.5. The topological polar surface area (TPSA) is 155 Å². The molecule has 280 valence electrons. The monoisotopic (exact) mass is 718 g/mol. The lowest BCUT2D eigenvalue weighted by Gasteiger charge is -2.39. The number of hydrogen-bond acceptors (Lipinski definition) is 10. The van der Waals surface area contributed by atoms with Crippen LogP contribution in [0.3, 0.4) is 0 Å². The van der Waals surface area contributed by atoms with Gasteiger partial charge in [0, 0.05) is 37.5 Å². The van der Waals surface area contributed by atoms with Crippen molar-refractivity contribution in [2.75, 3.05) is 13.1 Å². The Morgan fingerprint density at radius 1 is 1.24 bits per heavy atom. The third-order valence-electron chi connectivity index (χ3n) is 9.74. The first-order valence-electron chi connectivity index (χ1n) is 17.9. The van der Waals surface area contributed by atoms with E-state index in [-0.39, 0.29) is 37.4 Å². The number of nitrogens with two attached hydrogens (primary N) is 1. The number of cyclic esters (lactones) is 1. The summed E-state index contributed by atoms with van der Waals surface area (Å²) in [6.07, 6.45) is 7.79. The van der Waals surface area contributed by atoms with E-state index in [1.807, 2.05) is 38.1 Å². The van der Waals surface area contributed by atoms with Crippen LogP contribution in [0.15, 0.2) is 60.2 Å². The van der Waals surface area contributed by atoms with E-state index in [0.29, 0.717) is 36.1 Å². The summed E-state index contributed by atoms with van der Waals surface area (Å²) < 4.78 is 17.6. The summed E-state index contributed by atoms with van der Waals surface area (Å²) in [4.78, 5) is 26.9. The van der Waals surface area contributed by atoms with E-state index in [0.717, 1.165) is 18.4 Å². The molecule has 5 N–H and O–H groups in total. The molecule has 3 rings (SSSR count). The smallest absolute Gasteiger partial charge is 0.309 e. The Morgan fingerprint density at radius 3 is 2.54 bits per heavy atom. The number of ether oxygens (including phenoxy) is 3. The van der Waals surface area contributed by atoms with Crippen LogP contribution < -0.4 is 5.73 Å². The number of hydrogen-bond donors (Lipinski definition) is 4. The van der Waals surface area contributed by atoms with Crippen LogP contribution in [0, 0.1) is 11.8 Å². The van der Waals surface area contributed by atoms with Crippen LogP contribution in [-0.2, 0) is 30.3 Å². The lowest BCUT2D eigenvalue weighted by molar-refractivity contribution is -0.157. The number of benzene rings is 1. The number of epoxide rings is 1. The summed E-state index contributed by atoms with van der Waals surface area (Å²) in [5.74, 6) is -1.17. The van der Waals surface area contributed by atoms with E-state index >= 15 is 0 Å². The van der Waals surface area contributed by atoms with Crippen LogP contribution in [0.2, 0.25) is 5.02 Å². The van der Waals surface area contributed by atoms with Gasteiger partial charge < -0.3 is 35.3 Å². The molecule has 0 spiro atoms. The van der Waals surface area contributed by atoms with Gasteiger partial charge in [0.15, 0.2) is 0 Å². The zero-order chi connectivity index (χ0) is 37.2. The highest BCUT2D eigenvalue weighted by Crippen LogP contribution is 2.41. The summed E-state index contributed by atoms with van der Waals surface area (Å²) in [6, 6.07) is 7.23. The molecular formula is C39H59ClN2O8. The summed E-state index contributed by atoms with van der Waals surface area (Å²) >= 11 is 6.15. The fraction of sp³-hybridized carbons (Fsp3) is 0.641. The van der Waals surface area contributed by atoms with Crippen molar-refractivity contribution >= 4 is 23.5 Å². The Bertz CT molecular complexity index is 1340. The largest absolute Gasteiger partial charge is 0.457 e. The second-order valence-electron chi connectivity index (χ2n) is 14.6. The molecule has 0 saturated carbocycles. The summed E-state index contributed by atoms with van der Waals surface area (Å²) in [5, 5.41) is 34.4. The van der Waals surface area contributed by atoms with Crippen molar-refractivity contribution < 1.29 is 39.1 Å². The van der Waals surface area contributed by atoms with Crippen LogP contribution in [0.4, 0.5) is 0 Å². The first kappa shape index (κ1) is 41.8. The third kappa shape index (κ3) is 12.3. The maximum absolute atomic E-state index is 12.9. The number of rotatable bonds is 14. The second-order valence-corrected chi connectivity index (χ2v) is 15.0. The fourth-order valence-corrected chi connectivity index (χ4v) is 7.03. The minimum absolute atomic E-state index is 0.0119. The molecule has 10 atom stereocenters. The predicted octanol–water partition coefficient (Wildman–Crippen LogP) is 5.26. The number of allylic oxidation sites excluding steroid dienone is 2. The van der Waals surface area contributed by atoms with Crippen LogP contribution in [0.25, 0.3) is 0 Å². The van der Waals surface area contributed by atoms with Crippen molar-refractivity contribution in [3.8, 4) is 0 Å². The van der Waals surface area contributed by atoms with Gasteiger partial charge in [-0.25, -0.2) is 0 Å². The lowest BCUT2D eigenvalue weighted by Crippen LogP contribution is -2.55. The van der Waals surface area contributed by atoms with Gasteiger partial charge in [-0.3, -0.25) is 14.5 Å². The van der Waals surface area contributed by atoms with Gasteiger partial charge in [0.25, 0.3) is 0 Å². The van der Waals surface area contributed by atoms with E-state index in [2.05, 4.69) is 18.7 Å². The molecule has 50 heavy (non-hydrogen) atoms. The van der Waals surface area contributed by atoms with Gasteiger partial charge in [-0.1, -0.05) is 75.2 Å². The minimum atomic E-state index is -1.46. The first-order valence-corrected chi connectivity index (χ1v) is 18.2. The zero-order valence-corrected chi connectivity index (χ0v) is 31.5. The van der Waals surface area contributed by atoms with Crippen molar-refractivity contribution in [3.05, 3.63) is 70.8 Å². The van der Waals surface area contributed by atoms with E-state index in [4.69, 9.17) is 31.5 Å². The molecule has 10 nitrogen and oxygen atoms in total. The van der Waals surface area contributed by atoms with E-state index in [9.17, 15) is 24.9 Å². The Morgan fingerprint density at radius 2 is 1.92 bits per heavy atom. The first-order chi connectivity index (χ1) is 23.5. The van der Waals surface area contributed by atoms with Crippen molar-refractivity contribution in [3.63, 3.8) is 0 Å². The van der Waals surface area contributed by atoms with Gasteiger partial charge in [0.1, 0.15) is 23.9 Å².